The minimum Gasteiger partial charge on any atom is -0.426 e. The van der Waals surface area contributed by atoms with Crippen LogP contribution in [0.15, 0.2) is 48.6 Å². The van der Waals surface area contributed by atoms with Gasteiger partial charge >= 0.3 is 11.9 Å². The normalized spacial score (nSPS) is 22.5. The Morgan fingerprint density at radius 1 is 0.595 bits per heavy atom. The molecule has 4 nitrogen and oxygen atoms in total. The number of carbonyl (C=O) groups excluding carboxylic acids is 2. The second kappa shape index (κ2) is 10.8. The van der Waals surface area contributed by atoms with Crippen molar-refractivity contribution < 1.29 is 19.1 Å². The molecule has 4 atom stereocenters. The average Bonchev–Trinajstić information content (AvgIpc) is 3.45. The van der Waals surface area contributed by atoms with Crippen LogP contribution in [0.3, 0.4) is 0 Å². The van der Waals surface area contributed by atoms with Gasteiger partial charge in [-0.1, -0.05) is 79.7 Å². The van der Waals surface area contributed by atoms with Crippen LogP contribution in [0.4, 0.5) is 0 Å². The van der Waals surface area contributed by atoms with Gasteiger partial charge in [0.05, 0.1) is 11.8 Å². The third-order valence-corrected chi connectivity index (χ3v) is 8.05. The quantitative estimate of drug-likeness (QED) is 0.208. The fourth-order valence-corrected chi connectivity index (χ4v) is 6.12. The van der Waals surface area contributed by atoms with Crippen molar-refractivity contribution in [3.63, 3.8) is 0 Å². The van der Waals surface area contributed by atoms with Crippen molar-refractivity contribution in [3.05, 3.63) is 70.8 Å². The zero-order chi connectivity index (χ0) is 27.0. The molecule has 0 saturated heterocycles. The maximum atomic E-state index is 13.5. The van der Waals surface area contributed by atoms with Gasteiger partial charge in [-0.2, -0.15) is 0 Å². The Kier molecular flexibility index (Phi) is 7.96. The standard InChI is InChI=1S/C33H42O4/c1-18(2)26-13-11-24(16-28(26)20(5)6)36-32(34)30-22-9-10-23(15-22)31(30)33(35)37-25-12-14-27(19(3)4)29(17-25)21(7)8/h9-14,16-23,30-31H,15H2,1-8H3. The molecule has 2 bridgehead atoms. The Hall–Kier alpha value is -2.88. The van der Waals surface area contributed by atoms with Crippen LogP contribution < -0.4 is 9.47 Å². The zero-order valence-electron chi connectivity index (χ0n) is 23.6. The zero-order valence-corrected chi connectivity index (χ0v) is 23.6. The van der Waals surface area contributed by atoms with E-state index in [1.165, 1.54) is 22.3 Å². The predicted octanol–water partition coefficient (Wildman–Crippen LogP) is 8.13. The van der Waals surface area contributed by atoms with Crippen LogP contribution in [-0.4, -0.2) is 11.9 Å². The number of hydrogen-bond donors (Lipinski definition) is 0. The van der Waals surface area contributed by atoms with Gasteiger partial charge < -0.3 is 9.47 Å². The molecule has 1 fully saturated rings. The van der Waals surface area contributed by atoms with E-state index in [0.717, 1.165) is 6.42 Å². The van der Waals surface area contributed by atoms with Gasteiger partial charge in [-0.25, -0.2) is 0 Å². The topological polar surface area (TPSA) is 52.6 Å². The highest BCUT2D eigenvalue weighted by molar-refractivity contribution is 5.86. The van der Waals surface area contributed by atoms with E-state index in [0.29, 0.717) is 35.2 Å². The average molecular weight is 503 g/mol. The number of ether oxygens (including phenoxy) is 2. The molecule has 2 aliphatic rings. The van der Waals surface area contributed by atoms with Crippen molar-refractivity contribution in [2.24, 2.45) is 23.7 Å². The summed E-state index contributed by atoms with van der Waals surface area (Å²) < 4.78 is 11.8. The van der Waals surface area contributed by atoms with Gasteiger partial charge in [0.2, 0.25) is 0 Å². The third kappa shape index (κ3) is 5.54. The molecule has 0 amide bonds. The van der Waals surface area contributed by atoms with Crippen molar-refractivity contribution >= 4 is 11.9 Å². The van der Waals surface area contributed by atoms with Crippen molar-refractivity contribution in [3.8, 4) is 11.5 Å². The van der Waals surface area contributed by atoms with Gasteiger partial charge in [0.15, 0.2) is 0 Å². The molecule has 0 N–H and O–H groups in total. The molecule has 0 heterocycles. The lowest BCUT2D eigenvalue weighted by molar-refractivity contribution is -0.151. The summed E-state index contributed by atoms with van der Waals surface area (Å²) in [5.41, 5.74) is 4.91. The minimum absolute atomic E-state index is 0.00379. The van der Waals surface area contributed by atoms with E-state index in [2.05, 4.69) is 79.7 Å². The Bertz CT molecular complexity index is 1100. The number of rotatable bonds is 8. The molecule has 198 valence electrons. The molecule has 0 radical (unpaired) electrons. The largest absolute Gasteiger partial charge is 0.426 e. The SMILES string of the molecule is CC(C)c1ccc(OC(=O)C2C3C=CC(C3)C2C(=O)Oc2ccc(C(C)C)c(C(C)C)c2)cc1C(C)C. The fourth-order valence-electron chi connectivity index (χ4n) is 6.12. The second-order valence-electron chi connectivity index (χ2n) is 12.0. The van der Waals surface area contributed by atoms with Crippen LogP contribution in [0.5, 0.6) is 11.5 Å². The van der Waals surface area contributed by atoms with Crippen LogP contribution in [-0.2, 0) is 9.59 Å². The highest BCUT2D eigenvalue weighted by Gasteiger charge is 2.53. The lowest BCUT2D eigenvalue weighted by atomic mass is 9.83. The number of carbonyl (C=O) groups is 2. The van der Waals surface area contributed by atoms with Crippen LogP contribution in [0.25, 0.3) is 0 Å². The van der Waals surface area contributed by atoms with Crippen molar-refractivity contribution in [1.29, 1.82) is 0 Å². The summed E-state index contributed by atoms with van der Waals surface area (Å²) >= 11 is 0. The van der Waals surface area contributed by atoms with Crippen molar-refractivity contribution in [1.82, 2.24) is 0 Å². The first-order chi connectivity index (χ1) is 17.5. The summed E-state index contributed by atoms with van der Waals surface area (Å²) in [4.78, 5) is 26.9. The predicted molar refractivity (Wildman–Crippen MR) is 148 cm³/mol. The third-order valence-electron chi connectivity index (χ3n) is 8.05. The van der Waals surface area contributed by atoms with E-state index in [1.807, 2.05) is 24.3 Å². The maximum Gasteiger partial charge on any atom is 0.315 e. The van der Waals surface area contributed by atoms with Crippen LogP contribution in [0.1, 0.15) is 108 Å². The Morgan fingerprint density at radius 3 is 1.27 bits per heavy atom. The first kappa shape index (κ1) is 27.2. The molecule has 1 saturated carbocycles. The highest BCUT2D eigenvalue weighted by Crippen LogP contribution is 2.49. The summed E-state index contributed by atoms with van der Waals surface area (Å²) in [6.07, 6.45) is 4.92. The summed E-state index contributed by atoms with van der Waals surface area (Å²) in [5.74, 6) is 0.768. The van der Waals surface area contributed by atoms with E-state index in [4.69, 9.17) is 9.47 Å². The highest BCUT2D eigenvalue weighted by atomic mass is 16.5. The van der Waals surface area contributed by atoms with Crippen LogP contribution in [0.2, 0.25) is 0 Å². The van der Waals surface area contributed by atoms with Gasteiger partial charge in [0.1, 0.15) is 11.5 Å². The van der Waals surface area contributed by atoms with Crippen LogP contribution >= 0.6 is 0 Å². The summed E-state index contributed by atoms with van der Waals surface area (Å²) in [6.45, 7) is 17.3. The van der Waals surface area contributed by atoms with E-state index in [9.17, 15) is 9.59 Å². The van der Waals surface area contributed by atoms with E-state index in [-0.39, 0.29) is 23.8 Å². The molecule has 4 rings (SSSR count). The van der Waals surface area contributed by atoms with E-state index >= 15 is 0 Å². The summed E-state index contributed by atoms with van der Waals surface area (Å²) in [7, 11) is 0. The number of esters is 2. The minimum atomic E-state index is -0.533. The molecule has 0 aromatic heterocycles. The van der Waals surface area contributed by atoms with Crippen molar-refractivity contribution in [2.75, 3.05) is 0 Å². The molecular weight excluding hydrogens is 460 g/mol. The Balaban J connectivity index is 1.54. The van der Waals surface area contributed by atoms with Gasteiger partial charge in [-0.3, -0.25) is 9.59 Å². The number of hydrogen-bond acceptors (Lipinski definition) is 4. The first-order valence-electron chi connectivity index (χ1n) is 13.9. The number of allylic oxidation sites excluding steroid dienone is 2. The molecule has 0 aliphatic heterocycles. The van der Waals surface area contributed by atoms with Crippen LogP contribution in [0, 0.1) is 23.7 Å². The van der Waals surface area contributed by atoms with Gasteiger partial charge in [-0.05, 0) is 88.4 Å². The number of benzene rings is 2. The summed E-state index contributed by atoms with van der Waals surface area (Å²) in [5, 5.41) is 0. The Labute approximate surface area is 222 Å². The Morgan fingerprint density at radius 2 is 0.946 bits per heavy atom. The maximum absolute atomic E-state index is 13.5. The smallest absolute Gasteiger partial charge is 0.315 e. The fraction of sp³-hybridized carbons (Fsp3) is 0.515. The van der Waals surface area contributed by atoms with Gasteiger partial charge in [-0.15, -0.1) is 0 Å². The van der Waals surface area contributed by atoms with Gasteiger partial charge in [0, 0.05) is 0 Å². The summed E-state index contributed by atoms with van der Waals surface area (Å²) in [6, 6.07) is 11.8. The van der Waals surface area contributed by atoms with E-state index < -0.39 is 11.8 Å². The molecule has 2 aliphatic carbocycles. The van der Waals surface area contributed by atoms with Gasteiger partial charge in [0.25, 0.3) is 0 Å². The molecule has 37 heavy (non-hydrogen) atoms. The van der Waals surface area contributed by atoms with E-state index in [1.54, 1.807) is 0 Å². The molecule has 4 heteroatoms. The first-order valence-corrected chi connectivity index (χ1v) is 13.9. The lowest BCUT2D eigenvalue weighted by Gasteiger charge is -2.25. The molecule has 2 aromatic carbocycles. The molecule has 4 unspecified atom stereocenters. The monoisotopic (exact) mass is 502 g/mol. The second-order valence-corrected chi connectivity index (χ2v) is 12.0. The molecule has 0 spiro atoms. The number of fused-ring (bicyclic) bond motifs is 2. The molecular formula is C33H42O4. The van der Waals surface area contributed by atoms with Crippen molar-refractivity contribution in [2.45, 2.75) is 85.5 Å². The lowest BCUT2D eigenvalue weighted by Crippen LogP contribution is -2.37. The molecule has 2 aromatic rings.